The molecule has 1 heterocycles. The van der Waals surface area contributed by atoms with Gasteiger partial charge in [0.15, 0.2) is 0 Å². The molecular formula is C23H17N4-. The zero-order valence-corrected chi connectivity index (χ0v) is 14.6. The summed E-state index contributed by atoms with van der Waals surface area (Å²) >= 11 is 0. The van der Waals surface area contributed by atoms with E-state index >= 15 is 0 Å². The van der Waals surface area contributed by atoms with Gasteiger partial charge in [-0.05, 0) is 35.0 Å². The van der Waals surface area contributed by atoms with E-state index in [0.29, 0.717) is 5.84 Å². The molecule has 0 atom stereocenters. The first kappa shape index (κ1) is 15.5. The van der Waals surface area contributed by atoms with Crippen LogP contribution in [0.25, 0.3) is 16.2 Å². The number of fused-ring (bicyclic) bond motifs is 1. The van der Waals surface area contributed by atoms with Crippen molar-refractivity contribution in [2.75, 3.05) is 10.2 Å². The fourth-order valence-corrected chi connectivity index (χ4v) is 3.25. The van der Waals surface area contributed by atoms with Crippen molar-refractivity contribution in [3.8, 4) is 0 Å². The molecule has 0 spiro atoms. The van der Waals surface area contributed by atoms with E-state index in [0.717, 1.165) is 22.3 Å². The lowest BCUT2D eigenvalue weighted by molar-refractivity contribution is 0.895. The largest absolute Gasteiger partial charge is 0.352 e. The van der Waals surface area contributed by atoms with Gasteiger partial charge in [-0.3, -0.25) is 10.2 Å². The third-order valence-corrected chi connectivity index (χ3v) is 4.56. The van der Waals surface area contributed by atoms with Gasteiger partial charge < -0.3 is 10.5 Å². The number of rotatable bonds is 3. The summed E-state index contributed by atoms with van der Waals surface area (Å²) in [5.41, 5.74) is 7.74. The van der Waals surface area contributed by atoms with Crippen LogP contribution in [0.1, 0.15) is 5.56 Å². The van der Waals surface area contributed by atoms with E-state index < -0.39 is 0 Å². The highest BCUT2D eigenvalue weighted by atomic mass is 15.9. The van der Waals surface area contributed by atoms with Gasteiger partial charge >= 0.3 is 0 Å². The van der Waals surface area contributed by atoms with Gasteiger partial charge in [-0.1, -0.05) is 84.9 Å². The summed E-state index contributed by atoms with van der Waals surface area (Å²) < 4.78 is 0. The van der Waals surface area contributed by atoms with Gasteiger partial charge in [0.25, 0.3) is 0 Å². The van der Waals surface area contributed by atoms with E-state index in [4.69, 9.17) is 10.5 Å². The van der Waals surface area contributed by atoms with E-state index in [1.54, 1.807) is 0 Å². The molecule has 0 fully saturated rings. The number of para-hydroxylation sites is 1. The molecule has 0 amide bonds. The molecule has 0 saturated heterocycles. The molecule has 27 heavy (non-hydrogen) atoms. The molecule has 4 heteroatoms. The van der Waals surface area contributed by atoms with Crippen LogP contribution in [0.4, 0.5) is 11.4 Å². The standard InChI is InChI=1S/C23H17N4/c1-3-11-19(12-4-1)23-24-26(20-14-5-2-6-15-20)27(25-23)22-17-9-13-18-10-7-8-16-21(18)22/h1-17H/q-1. The monoisotopic (exact) mass is 349 g/mol. The summed E-state index contributed by atoms with van der Waals surface area (Å²) in [4.78, 5) is 0. The number of hydrazone groups is 1. The molecule has 4 aromatic carbocycles. The minimum absolute atomic E-state index is 0.687. The Hall–Kier alpha value is -3.79. The maximum absolute atomic E-state index is 4.85. The van der Waals surface area contributed by atoms with E-state index in [1.165, 1.54) is 5.39 Å². The van der Waals surface area contributed by atoms with Gasteiger partial charge in [0.1, 0.15) is 0 Å². The first-order chi connectivity index (χ1) is 13.4. The Labute approximate surface area is 157 Å². The fraction of sp³-hybridized carbons (Fsp3) is 0. The Morgan fingerprint density at radius 3 is 2.11 bits per heavy atom. The van der Waals surface area contributed by atoms with Crippen molar-refractivity contribution in [2.24, 2.45) is 5.10 Å². The number of hydrogen-bond donors (Lipinski definition) is 0. The van der Waals surface area contributed by atoms with E-state index in [1.807, 2.05) is 83.0 Å². The highest BCUT2D eigenvalue weighted by Gasteiger charge is 2.19. The second kappa shape index (κ2) is 6.50. The zero-order valence-electron chi connectivity index (χ0n) is 14.6. The third-order valence-electron chi connectivity index (χ3n) is 4.56. The lowest BCUT2D eigenvalue weighted by atomic mass is 10.1. The smallest absolute Gasteiger partial charge is 0.0699 e. The average molecular weight is 349 g/mol. The van der Waals surface area contributed by atoms with Gasteiger partial charge in [-0.15, -0.1) is 0 Å². The average Bonchev–Trinajstić information content (AvgIpc) is 3.20. The van der Waals surface area contributed by atoms with Crippen LogP contribution in [0.3, 0.4) is 0 Å². The zero-order chi connectivity index (χ0) is 18.1. The number of nitrogens with zero attached hydrogens (tertiary/aromatic N) is 4. The highest BCUT2D eigenvalue weighted by Crippen LogP contribution is 2.35. The van der Waals surface area contributed by atoms with Crippen molar-refractivity contribution < 1.29 is 0 Å². The van der Waals surface area contributed by atoms with Crippen LogP contribution in [0.5, 0.6) is 0 Å². The number of hydrogen-bond acceptors (Lipinski definition) is 3. The summed E-state index contributed by atoms with van der Waals surface area (Å²) in [7, 11) is 0. The van der Waals surface area contributed by atoms with Gasteiger partial charge in [0.2, 0.25) is 0 Å². The molecule has 4 aromatic rings. The molecule has 0 unspecified atom stereocenters. The fourth-order valence-electron chi connectivity index (χ4n) is 3.25. The van der Waals surface area contributed by atoms with Crippen LogP contribution in [-0.2, 0) is 0 Å². The molecule has 0 radical (unpaired) electrons. The van der Waals surface area contributed by atoms with Crippen molar-refractivity contribution in [1.29, 1.82) is 0 Å². The normalized spacial score (nSPS) is 13.6. The van der Waals surface area contributed by atoms with Crippen molar-refractivity contribution in [2.45, 2.75) is 0 Å². The van der Waals surface area contributed by atoms with Gasteiger partial charge in [-0.2, -0.15) is 0 Å². The Morgan fingerprint density at radius 1 is 0.630 bits per heavy atom. The minimum Gasteiger partial charge on any atom is -0.352 e. The number of hydrazine groups is 1. The van der Waals surface area contributed by atoms with Crippen molar-refractivity contribution >= 4 is 28.0 Å². The Balaban J connectivity index is 1.66. The Kier molecular flexibility index (Phi) is 3.72. The quantitative estimate of drug-likeness (QED) is 0.473. The molecule has 0 aliphatic carbocycles. The second-order valence-electron chi connectivity index (χ2n) is 6.30. The van der Waals surface area contributed by atoms with Crippen LogP contribution >= 0.6 is 0 Å². The minimum atomic E-state index is 0.687. The van der Waals surface area contributed by atoms with Crippen molar-refractivity contribution in [1.82, 2.24) is 0 Å². The Bertz CT molecular complexity index is 1100. The van der Waals surface area contributed by atoms with Gasteiger partial charge in [0.05, 0.1) is 11.4 Å². The highest BCUT2D eigenvalue weighted by molar-refractivity contribution is 6.13. The maximum atomic E-state index is 4.85. The molecular weight excluding hydrogens is 332 g/mol. The predicted molar refractivity (Wildman–Crippen MR) is 112 cm³/mol. The van der Waals surface area contributed by atoms with E-state index in [-0.39, 0.29) is 0 Å². The maximum Gasteiger partial charge on any atom is 0.0699 e. The first-order valence-corrected chi connectivity index (χ1v) is 8.89. The topological polar surface area (TPSA) is 32.9 Å². The van der Waals surface area contributed by atoms with E-state index in [9.17, 15) is 0 Å². The summed E-state index contributed by atoms with van der Waals surface area (Å²) in [6.07, 6.45) is 0. The lowest BCUT2D eigenvalue weighted by Gasteiger charge is -2.36. The molecule has 4 nitrogen and oxygen atoms in total. The molecule has 5 rings (SSSR count). The summed E-state index contributed by atoms with van der Waals surface area (Å²) in [5.74, 6) is 0.687. The number of amidine groups is 1. The second-order valence-corrected chi connectivity index (χ2v) is 6.30. The summed E-state index contributed by atoms with van der Waals surface area (Å²) in [6, 6.07) is 34.7. The van der Waals surface area contributed by atoms with Crippen LogP contribution in [0.15, 0.2) is 108 Å². The summed E-state index contributed by atoms with van der Waals surface area (Å²) in [5, 5.41) is 10.9. The number of anilines is 2. The van der Waals surface area contributed by atoms with Crippen LogP contribution < -0.4 is 10.2 Å². The summed E-state index contributed by atoms with van der Waals surface area (Å²) in [6.45, 7) is 0. The van der Waals surface area contributed by atoms with Gasteiger partial charge in [-0.25, -0.2) is 0 Å². The van der Waals surface area contributed by atoms with E-state index in [2.05, 4.69) is 30.3 Å². The lowest BCUT2D eigenvalue weighted by Crippen LogP contribution is -2.31. The van der Waals surface area contributed by atoms with Crippen LogP contribution in [0.2, 0.25) is 0 Å². The first-order valence-electron chi connectivity index (χ1n) is 8.89. The Morgan fingerprint density at radius 2 is 1.30 bits per heavy atom. The molecule has 130 valence electrons. The number of benzene rings is 4. The SMILES string of the molecule is c1ccc(C2=NN(c3cccc4ccccc34)N(c3ccccc3)[N-]2)cc1. The van der Waals surface area contributed by atoms with Crippen molar-refractivity contribution in [3.05, 3.63) is 114 Å². The van der Waals surface area contributed by atoms with Crippen LogP contribution in [0, 0.1) is 0 Å². The molecule has 1 aliphatic heterocycles. The third kappa shape index (κ3) is 2.77. The molecule has 0 saturated carbocycles. The molecule has 0 aromatic heterocycles. The predicted octanol–water partition coefficient (Wildman–Crippen LogP) is 5.73. The molecule has 0 N–H and O–H groups in total. The van der Waals surface area contributed by atoms with Crippen LogP contribution in [-0.4, -0.2) is 5.84 Å². The van der Waals surface area contributed by atoms with Gasteiger partial charge in [0, 0.05) is 5.39 Å². The van der Waals surface area contributed by atoms with Crippen molar-refractivity contribution in [3.63, 3.8) is 0 Å². The molecule has 1 aliphatic rings. The molecule has 0 bridgehead atoms.